The summed E-state index contributed by atoms with van der Waals surface area (Å²) < 4.78 is 37.9. The molecule has 1 saturated heterocycles. The SMILES string of the molecule is CNC(=O)C1CCCN(c2ccc(C(F)(F)F)cc2N)C1. The van der Waals surface area contributed by atoms with Gasteiger partial charge in [0.1, 0.15) is 0 Å². The molecule has 0 radical (unpaired) electrons. The van der Waals surface area contributed by atoms with Gasteiger partial charge in [-0.05, 0) is 31.0 Å². The van der Waals surface area contributed by atoms with Gasteiger partial charge in [-0.15, -0.1) is 0 Å². The maximum atomic E-state index is 12.6. The van der Waals surface area contributed by atoms with Crippen molar-refractivity contribution in [2.45, 2.75) is 19.0 Å². The molecule has 4 nitrogen and oxygen atoms in total. The Bertz CT molecular complexity index is 531. The zero-order valence-electron chi connectivity index (χ0n) is 11.7. The molecule has 0 aromatic heterocycles. The van der Waals surface area contributed by atoms with Crippen molar-refractivity contribution in [3.05, 3.63) is 23.8 Å². The summed E-state index contributed by atoms with van der Waals surface area (Å²) in [7, 11) is 1.58. The van der Waals surface area contributed by atoms with E-state index >= 15 is 0 Å². The van der Waals surface area contributed by atoms with Gasteiger partial charge in [0, 0.05) is 20.1 Å². The Morgan fingerprint density at radius 2 is 2.14 bits per heavy atom. The molecule has 116 valence electrons. The Morgan fingerprint density at radius 1 is 1.43 bits per heavy atom. The first-order valence-electron chi connectivity index (χ1n) is 6.76. The van der Waals surface area contributed by atoms with Crippen LogP contribution in [0.25, 0.3) is 0 Å². The van der Waals surface area contributed by atoms with E-state index in [4.69, 9.17) is 5.73 Å². The molecule has 1 aliphatic heterocycles. The second-order valence-electron chi connectivity index (χ2n) is 5.17. The molecule has 0 spiro atoms. The summed E-state index contributed by atoms with van der Waals surface area (Å²) in [5.41, 5.74) is 5.64. The maximum Gasteiger partial charge on any atom is 0.416 e. The highest BCUT2D eigenvalue weighted by atomic mass is 19.4. The number of piperidine rings is 1. The quantitative estimate of drug-likeness (QED) is 0.824. The lowest BCUT2D eigenvalue weighted by Crippen LogP contribution is -2.42. The van der Waals surface area contributed by atoms with Crippen LogP contribution in [0.15, 0.2) is 18.2 Å². The van der Waals surface area contributed by atoms with Crippen LogP contribution in [-0.2, 0) is 11.0 Å². The van der Waals surface area contributed by atoms with Crippen LogP contribution >= 0.6 is 0 Å². The number of amides is 1. The number of nitrogens with zero attached hydrogens (tertiary/aromatic N) is 1. The summed E-state index contributed by atoms with van der Waals surface area (Å²) in [5, 5.41) is 2.60. The highest BCUT2D eigenvalue weighted by Crippen LogP contribution is 2.35. The summed E-state index contributed by atoms with van der Waals surface area (Å²) in [6.07, 6.45) is -2.82. The molecule has 1 fully saturated rings. The van der Waals surface area contributed by atoms with Crippen LogP contribution in [0.1, 0.15) is 18.4 Å². The van der Waals surface area contributed by atoms with Gasteiger partial charge in [-0.25, -0.2) is 0 Å². The van der Waals surface area contributed by atoms with Crippen LogP contribution < -0.4 is 16.0 Å². The van der Waals surface area contributed by atoms with Crippen molar-refractivity contribution in [3.63, 3.8) is 0 Å². The van der Waals surface area contributed by atoms with Crippen LogP contribution in [0.5, 0.6) is 0 Å². The Labute approximate surface area is 121 Å². The molecule has 1 aliphatic rings. The largest absolute Gasteiger partial charge is 0.416 e. The van der Waals surface area contributed by atoms with Crippen molar-refractivity contribution >= 4 is 17.3 Å². The molecule has 1 aromatic rings. The van der Waals surface area contributed by atoms with E-state index in [2.05, 4.69) is 5.32 Å². The molecule has 0 aliphatic carbocycles. The smallest absolute Gasteiger partial charge is 0.397 e. The third-order valence-corrected chi connectivity index (χ3v) is 3.73. The second kappa shape index (κ2) is 5.83. The lowest BCUT2D eigenvalue weighted by molar-refractivity contribution is -0.137. The molecule has 21 heavy (non-hydrogen) atoms. The Hall–Kier alpha value is -1.92. The van der Waals surface area contributed by atoms with Crippen LogP contribution in [-0.4, -0.2) is 26.0 Å². The number of nitrogen functional groups attached to an aromatic ring is 1. The average molecular weight is 301 g/mol. The van der Waals surface area contributed by atoms with E-state index in [1.54, 1.807) is 7.05 Å². The third-order valence-electron chi connectivity index (χ3n) is 3.73. The number of nitrogens with two attached hydrogens (primary N) is 1. The third kappa shape index (κ3) is 3.40. The standard InChI is InChI=1S/C14H18F3N3O/c1-19-13(21)9-3-2-6-20(8-9)12-5-4-10(7-11(12)18)14(15,16)17/h4-5,7,9H,2-3,6,8,18H2,1H3,(H,19,21). The minimum Gasteiger partial charge on any atom is -0.397 e. The molecule has 3 N–H and O–H groups in total. The number of anilines is 2. The molecule has 1 aromatic carbocycles. The lowest BCUT2D eigenvalue weighted by atomic mass is 9.96. The van der Waals surface area contributed by atoms with Gasteiger partial charge in [0.15, 0.2) is 0 Å². The highest BCUT2D eigenvalue weighted by Gasteiger charge is 2.32. The van der Waals surface area contributed by atoms with Crippen LogP contribution in [0.2, 0.25) is 0 Å². The van der Waals surface area contributed by atoms with E-state index in [9.17, 15) is 18.0 Å². The molecule has 1 unspecified atom stereocenters. The van der Waals surface area contributed by atoms with Crippen molar-refractivity contribution < 1.29 is 18.0 Å². The van der Waals surface area contributed by atoms with E-state index in [1.165, 1.54) is 6.07 Å². The molecule has 1 heterocycles. The number of hydrogen-bond donors (Lipinski definition) is 2. The van der Waals surface area contributed by atoms with E-state index in [1.807, 2.05) is 4.90 Å². The number of rotatable bonds is 2. The molecular formula is C14H18F3N3O. The van der Waals surface area contributed by atoms with Gasteiger partial charge >= 0.3 is 6.18 Å². The average Bonchev–Trinajstić information content (AvgIpc) is 2.45. The van der Waals surface area contributed by atoms with Crippen molar-refractivity contribution in [1.29, 1.82) is 0 Å². The topological polar surface area (TPSA) is 58.4 Å². The van der Waals surface area contributed by atoms with Gasteiger partial charge in [0.2, 0.25) is 5.91 Å². The first kappa shape index (κ1) is 15.5. The minimum atomic E-state index is -4.40. The van der Waals surface area contributed by atoms with Crippen molar-refractivity contribution in [2.24, 2.45) is 5.92 Å². The molecule has 0 bridgehead atoms. The fourth-order valence-corrected chi connectivity index (χ4v) is 2.63. The monoisotopic (exact) mass is 301 g/mol. The normalized spacial score (nSPS) is 19.4. The summed E-state index contributed by atoms with van der Waals surface area (Å²) in [4.78, 5) is 13.6. The number of carbonyl (C=O) groups is 1. The predicted octanol–water partition coefficient (Wildman–Crippen LogP) is 2.25. The van der Waals surface area contributed by atoms with Gasteiger partial charge in [-0.3, -0.25) is 4.79 Å². The number of nitrogens with one attached hydrogen (secondary N) is 1. The van der Waals surface area contributed by atoms with E-state index in [0.717, 1.165) is 25.0 Å². The lowest BCUT2D eigenvalue weighted by Gasteiger charge is -2.34. The van der Waals surface area contributed by atoms with Crippen LogP contribution in [0.4, 0.5) is 24.5 Å². The van der Waals surface area contributed by atoms with Gasteiger partial charge in [0.25, 0.3) is 0 Å². The predicted molar refractivity (Wildman–Crippen MR) is 74.9 cm³/mol. The Kier molecular flexibility index (Phi) is 4.29. The summed E-state index contributed by atoms with van der Waals surface area (Å²) >= 11 is 0. The number of halogens is 3. The fraction of sp³-hybridized carbons (Fsp3) is 0.500. The molecule has 7 heteroatoms. The van der Waals surface area contributed by atoms with Crippen LogP contribution in [0.3, 0.4) is 0 Å². The summed E-state index contributed by atoms with van der Waals surface area (Å²) in [6.45, 7) is 1.15. The molecule has 1 amide bonds. The molecular weight excluding hydrogens is 283 g/mol. The van der Waals surface area contributed by atoms with Gasteiger partial charge in [0.05, 0.1) is 22.9 Å². The van der Waals surface area contributed by atoms with Gasteiger partial charge < -0.3 is 16.0 Å². The van der Waals surface area contributed by atoms with Gasteiger partial charge in [-0.1, -0.05) is 0 Å². The van der Waals surface area contributed by atoms with E-state index in [0.29, 0.717) is 18.8 Å². The maximum absolute atomic E-state index is 12.6. The Morgan fingerprint density at radius 3 is 2.71 bits per heavy atom. The zero-order valence-corrected chi connectivity index (χ0v) is 11.7. The van der Waals surface area contributed by atoms with E-state index in [-0.39, 0.29) is 17.5 Å². The fourth-order valence-electron chi connectivity index (χ4n) is 2.63. The molecule has 2 rings (SSSR count). The number of alkyl halides is 3. The summed E-state index contributed by atoms with van der Waals surface area (Å²) in [6, 6.07) is 3.35. The molecule has 1 atom stereocenters. The number of benzene rings is 1. The van der Waals surface area contributed by atoms with E-state index < -0.39 is 11.7 Å². The van der Waals surface area contributed by atoms with Crippen LogP contribution in [0, 0.1) is 5.92 Å². The summed E-state index contributed by atoms with van der Waals surface area (Å²) in [5.74, 6) is -0.212. The second-order valence-corrected chi connectivity index (χ2v) is 5.17. The number of carbonyl (C=O) groups excluding carboxylic acids is 1. The highest BCUT2D eigenvalue weighted by molar-refractivity contribution is 5.80. The minimum absolute atomic E-state index is 0.0508. The van der Waals surface area contributed by atoms with Crippen molar-refractivity contribution in [2.75, 3.05) is 30.8 Å². The van der Waals surface area contributed by atoms with Gasteiger partial charge in [-0.2, -0.15) is 13.2 Å². The van der Waals surface area contributed by atoms with Crippen molar-refractivity contribution in [3.8, 4) is 0 Å². The zero-order chi connectivity index (χ0) is 15.6. The van der Waals surface area contributed by atoms with Crippen molar-refractivity contribution in [1.82, 2.24) is 5.32 Å². The first-order chi connectivity index (χ1) is 9.82. The Balaban J connectivity index is 2.20. The first-order valence-corrected chi connectivity index (χ1v) is 6.76. The number of hydrogen-bond acceptors (Lipinski definition) is 3. The molecule has 0 saturated carbocycles.